The summed E-state index contributed by atoms with van der Waals surface area (Å²) in [6.45, 7) is 0.0110. The molecule has 0 saturated carbocycles. The predicted molar refractivity (Wildman–Crippen MR) is 108 cm³/mol. The summed E-state index contributed by atoms with van der Waals surface area (Å²) >= 11 is 1.16. The predicted octanol–water partition coefficient (Wildman–Crippen LogP) is 2.80. The van der Waals surface area contributed by atoms with E-state index in [1.807, 2.05) is 0 Å². The number of ketones is 1. The van der Waals surface area contributed by atoms with Gasteiger partial charge in [-0.05, 0) is 12.1 Å². The van der Waals surface area contributed by atoms with Crippen molar-refractivity contribution < 1.29 is 22.8 Å². The van der Waals surface area contributed by atoms with Crippen molar-refractivity contribution in [2.75, 3.05) is 0 Å². The molecule has 0 aliphatic heterocycles. The molecule has 0 unspecified atom stereocenters. The molecule has 0 bridgehead atoms. The molecule has 0 aliphatic carbocycles. The van der Waals surface area contributed by atoms with Gasteiger partial charge in [-0.2, -0.15) is 0 Å². The molecule has 162 valence electrons. The summed E-state index contributed by atoms with van der Waals surface area (Å²) in [5.41, 5.74) is -0.928. The lowest BCUT2D eigenvalue weighted by molar-refractivity contribution is 0.0946. The molecular formula is C20H12F3N5O3S. The number of aromatic nitrogens is 4. The van der Waals surface area contributed by atoms with Gasteiger partial charge < -0.3 is 15.3 Å². The van der Waals surface area contributed by atoms with Crippen LogP contribution < -0.4 is 10.9 Å². The van der Waals surface area contributed by atoms with Crippen LogP contribution in [-0.2, 0) is 6.54 Å². The van der Waals surface area contributed by atoms with Crippen molar-refractivity contribution in [2.45, 2.75) is 6.54 Å². The van der Waals surface area contributed by atoms with Gasteiger partial charge >= 0.3 is 0 Å². The number of H-pyrrole nitrogens is 2. The summed E-state index contributed by atoms with van der Waals surface area (Å²) in [4.78, 5) is 41.3. The van der Waals surface area contributed by atoms with Crippen molar-refractivity contribution in [2.24, 2.45) is 0 Å². The van der Waals surface area contributed by atoms with E-state index in [1.165, 1.54) is 6.07 Å². The van der Waals surface area contributed by atoms with Gasteiger partial charge in [-0.15, -0.1) is 10.2 Å². The molecule has 0 fully saturated rings. The fourth-order valence-electron chi connectivity index (χ4n) is 2.82. The maximum Gasteiger partial charge on any atom is 0.268 e. The minimum Gasteiger partial charge on any atom is -0.356 e. The first-order valence-corrected chi connectivity index (χ1v) is 9.81. The largest absolute Gasteiger partial charge is 0.356 e. The highest BCUT2D eigenvalue weighted by atomic mass is 32.1. The van der Waals surface area contributed by atoms with E-state index in [0.29, 0.717) is 27.8 Å². The quantitative estimate of drug-likeness (QED) is 0.383. The summed E-state index contributed by atoms with van der Waals surface area (Å²) in [6.07, 6.45) is 1.12. The third kappa shape index (κ3) is 4.34. The fourth-order valence-corrected chi connectivity index (χ4v) is 3.58. The Morgan fingerprint density at radius 1 is 1.06 bits per heavy atom. The van der Waals surface area contributed by atoms with Gasteiger partial charge in [0.05, 0.1) is 17.8 Å². The summed E-state index contributed by atoms with van der Waals surface area (Å²) in [6, 6.07) is 6.52. The van der Waals surface area contributed by atoms with E-state index < -0.39 is 34.7 Å². The number of benzene rings is 1. The second-order valence-electron chi connectivity index (χ2n) is 6.49. The monoisotopic (exact) mass is 459 g/mol. The fraction of sp³-hybridized carbons (Fsp3) is 0.0500. The van der Waals surface area contributed by atoms with Gasteiger partial charge in [-0.1, -0.05) is 17.4 Å². The van der Waals surface area contributed by atoms with Crippen LogP contribution in [0.25, 0.3) is 10.7 Å². The molecule has 4 rings (SSSR count). The van der Waals surface area contributed by atoms with E-state index in [2.05, 4.69) is 25.5 Å². The highest BCUT2D eigenvalue weighted by Gasteiger charge is 2.22. The molecular weight excluding hydrogens is 447 g/mol. The van der Waals surface area contributed by atoms with Crippen LogP contribution >= 0.6 is 11.3 Å². The Balaban J connectivity index is 1.44. The van der Waals surface area contributed by atoms with Crippen LogP contribution in [0.2, 0.25) is 0 Å². The third-order valence-corrected chi connectivity index (χ3v) is 5.25. The molecule has 8 nitrogen and oxygen atoms in total. The SMILES string of the molecule is O=C(NCc1nnc(-c2cccc(=O)[nH]2)s1)c1cc(C(=O)c2c(F)cc(F)cc2F)c[nH]1. The van der Waals surface area contributed by atoms with E-state index in [1.54, 1.807) is 12.1 Å². The Labute approximate surface area is 181 Å². The Morgan fingerprint density at radius 3 is 2.53 bits per heavy atom. The first-order valence-electron chi connectivity index (χ1n) is 9.00. The molecule has 32 heavy (non-hydrogen) atoms. The minimum atomic E-state index is -1.34. The van der Waals surface area contributed by atoms with Crippen LogP contribution in [0.1, 0.15) is 31.4 Å². The molecule has 3 aromatic heterocycles. The number of aromatic amines is 2. The molecule has 0 atom stereocenters. The average molecular weight is 459 g/mol. The molecule has 3 heterocycles. The number of nitrogens with one attached hydrogen (secondary N) is 3. The highest BCUT2D eigenvalue weighted by molar-refractivity contribution is 7.14. The Hall–Kier alpha value is -4.06. The van der Waals surface area contributed by atoms with E-state index in [0.717, 1.165) is 23.6 Å². The Kier molecular flexibility index (Phi) is 5.69. The molecule has 4 aromatic rings. The van der Waals surface area contributed by atoms with E-state index in [4.69, 9.17) is 0 Å². The van der Waals surface area contributed by atoms with Gasteiger partial charge in [-0.3, -0.25) is 14.4 Å². The first kappa shape index (κ1) is 21.2. The van der Waals surface area contributed by atoms with Crippen LogP contribution in [-0.4, -0.2) is 31.9 Å². The number of halogens is 3. The second kappa shape index (κ2) is 8.59. The average Bonchev–Trinajstić information content (AvgIpc) is 3.41. The molecule has 0 saturated heterocycles. The molecule has 0 spiro atoms. The maximum atomic E-state index is 13.8. The van der Waals surface area contributed by atoms with Gasteiger partial charge in [0.15, 0.2) is 10.8 Å². The minimum absolute atomic E-state index is 0.0110. The van der Waals surface area contributed by atoms with Gasteiger partial charge in [-0.25, -0.2) is 13.2 Å². The zero-order valence-electron chi connectivity index (χ0n) is 15.9. The normalized spacial score (nSPS) is 10.8. The van der Waals surface area contributed by atoms with Crippen molar-refractivity contribution in [1.82, 2.24) is 25.5 Å². The number of hydrogen-bond donors (Lipinski definition) is 3. The van der Waals surface area contributed by atoms with Crippen LogP contribution in [0.4, 0.5) is 13.2 Å². The van der Waals surface area contributed by atoms with E-state index >= 15 is 0 Å². The lowest BCUT2D eigenvalue weighted by Crippen LogP contribution is -2.23. The second-order valence-corrected chi connectivity index (χ2v) is 7.55. The number of pyridine rings is 1. The number of hydrogen-bond acceptors (Lipinski definition) is 6. The summed E-state index contributed by atoms with van der Waals surface area (Å²) in [7, 11) is 0. The van der Waals surface area contributed by atoms with Crippen molar-refractivity contribution in [1.29, 1.82) is 0 Å². The topological polar surface area (TPSA) is 121 Å². The first-order chi connectivity index (χ1) is 15.3. The molecule has 12 heteroatoms. The van der Waals surface area contributed by atoms with Gasteiger partial charge in [0, 0.05) is 30.0 Å². The molecule has 1 aromatic carbocycles. The smallest absolute Gasteiger partial charge is 0.268 e. The number of carbonyl (C=O) groups excluding carboxylic acids is 2. The maximum absolute atomic E-state index is 13.8. The van der Waals surface area contributed by atoms with Crippen LogP contribution in [0, 0.1) is 17.5 Å². The van der Waals surface area contributed by atoms with Gasteiger partial charge in [0.2, 0.25) is 5.56 Å². The van der Waals surface area contributed by atoms with Gasteiger partial charge in [0.25, 0.3) is 5.91 Å². The number of nitrogens with zero attached hydrogens (tertiary/aromatic N) is 2. The lowest BCUT2D eigenvalue weighted by Gasteiger charge is -2.03. The molecule has 0 aliphatic rings. The highest BCUT2D eigenvalue weighted by Crippen LogP contribution is 2.21. The van der Waals surface area contributed by atoms with Gasteiger partial charge in [0.1, 0.15) is 28.2 Å². The molecule has 0 radical (unpaired) electrons. The third-order valence-electron chi connectivity index (χ3n) is 4.29. The van der Waals surface area contributed by atoms with Crippen molar-refractivity contribution in [3.8, 4) is 10.7 Å². The summed E-state index contributed by atoms with van der Waals surface area (Å²) in [5, 5.41) is 11.4. The van der Waals surface area contributed by atoms with Crippen LogP contribution in [0.5, 0.6) is 0 Å². The Morgan fingerprint density at radius 2 is 1.81 bits per heavy atom. The van der Waals surface area contributed by atoms with Crippen LogP contribution in [0.3, 0.4) is 0 Å². The van der Waals surface area contributed by atoms with Crippen molar-refractivity contribution >= 4 is 23.0 Å². The van der Waals surface area contributed by atoms with E-state index in [-0.39, 0.29) is 23.4 Å². The summed E-state index contributed by atoms with van der Waals surface area (Å²) < 4.78 is 40.7. The van der Waals surface area contributed by atoms with E-state index in [9.17, 15) is 27.6 Å². The molecule has 1 amide bonds. The number of amides is 1. The number of rotatable bonds is 6. The zero-order chi connectivity index (χ0) is 22.8. The van der Waals surface area contributed by atoms with Crippen LogP contribution in [0.15, 0.2) is 47.4 Å². The van der Waals surface area contributed by atoms with Crippen molar-refractivity contribution in [3.05, 3.63) is 92.2 Å². The van der Waals surface area contributed by atoms with Crippen molar-refractivity contribution in [3.63, 3.8) is 0 Å². The zero-order valence-corrected chi connectivity index (χ0v) is 16.7. The molecule has 3 N–H and O–H groups in total. The standard InChI is InChI=1S/C20H12F3N5O3S/c21-10-5-11(22)17(12(23)6-10)18(30)9-4-14(24-7-9)19(31)25-8-16-27-28-20(32-16)13-2-1-3-15(29)26-13/h1-7,24H,8H2,(H,25,31)(H,26,29). The summed E-state index contributed by atoms with van der Waals surface area (Å²) in [5.74, 6) is -5.47. The number of carbonyl (C=O) groups is 2. The lowest BCUT2D eigenvalue weighted by atomic mass is 10.0. The Bertz CT molecular complexity index is 1370.